The van der Waals surface area contributed by atoms with Crippen molar-refractivity contribution in [2.24, 2.45) is 5.92 Å². The molecule has 5 rings (SSSR count). The van der Waals surface area contributed by atoms with Crippen LogP contribution in [0.4, 0.5) is 10.5 Å². The van der Waals surface area contributed by atoms with E-state index in [9.17, 15) is 19.2 Å². The number of carbonyl (C=O) groups is 4. The molecule has 4 aromatic rings. The Labute approximate surface area is 262 Å². The molecule has 1 saturated heterocycles. The average Bonchev–Trinajstić information content (AvgIpc) is 3.50. The summed E-state index contributed by atoms with van der Waals surface area (Å²) >= 11 is 0. The average molecular weight is 610 g/mol. The summed E-state index contributed by atoms with van der Waals surface area (Å²) in [7, 11) is 0. The second kappa shape index (κ2) is 14.6. The van der Waals surface area contributed by atoms with Gasteiger partial charge < -0.3 is 30.9 Å². The van der Waals surface area contributed by atoms with Gasteiger partial charge in [-0.25, -0.2) is 4.79 Å². The predicted octanol–water partition coefficient (Wildman–Crippen LogP) is 5.50. The number of carbonyl (C=O) groups excluding carboxylic acids is 3. The van der Waals surface area contributed by atoms with Crippen LogP contribution in [0.2, 0.25) is 0 Å². The first-order valence-electron chi connectivity index (χ1n) is 15.3. The number of rotatable bonds is 11. The van der Waals surface area contributed by atoms with Gasteiger partial charge in [0, 0.05) is 60.3 Å². The SMILES string of the molecule is C[C@@H](c1c[nH]c2ccccc12)[C@@H](NC(=O)CCC1CCN(C(=O)c2ccccc2)CC1)C(=O)Nc1cccc(CNC(=O)O)c1. The number of hydrogen-bond donors (Lipinski definition) is 5. The van der Waals surface area contributed by atoms with E-state index < -0.39 is 12.1 Å². The minimum atomic E-state index is -1.13. The molecular formula is C35H39N5O5. The summed E-state index contributed by atoms with van der Waals surface area (Å²) in [6, 6.07) is 23.2. The third-order valence-corrected chi connectivity index (χ3v) is 8.55. The number of aromatic nitrogens is 1. The highest BCUT2D eigenvalue weighted by Crippen LogP contribution is 2.29. The van der Waals surface area contributed by atoms with Crippen LogP contribution in [0.5, 0.6) is 0 Å². The molecule has 1 aromatic heterocycles. The molecular weight excluding hydrogens is 570 g/mol. The van der Waals surface area contributed by atoms with E-state index in [1.54, 1.807) is 24.3 Å². The lowest BCUT2D eigenvalue weighted by molar-refractivity contribution is -0.127. The van der Waals surface area contributed by atoms with Crippen LogP contribution in [0.3, 0.4) is 0 Å². The molecule has 10 nitrogen and oxygen atoms in total. The van der Waals surface area contributed by atoms with Gasteiger partial charge >= 0.3 is 6.09 Å². The zero-order chi connectivity index (χ0) is 31.8. The second-order valence-corrected chi connectivity index (χ2v) is 11.6. The summed E-state index contributed by atoms with van der Waals surface area (Å²) in [5.41, 5.74) is 3.75. The fraction of sp³-hybridized carbons (Fsp3) is 0.314. The van der Waals surface area contributed by atoms with E-state index in [4.69, 9.17) is 5.11 Å². The second-order valence-electron chi connectivity index (χ2n) is 11.6. The molecule has 1 aliphatic rings. The minimum absolute atomic E-state index is 0.0376. The van der Waals surface area contributed by atoms with E-state index in [-0.39, 0.29) is 36.6 Å². The van der Waals surface area contributed by atoms with Crippen LogP contribution in [0, 0.1) is 5.92 Å². The van der Waals surface area contributed by atoms with Crippen molar-refractivity contribution in [3.05, 3.63) is 102 Å². The van der Waals surface area contributed by atoms with Gasteiger partial charge in [0.05, 0.1) is 0 Å². The quantitative estimate of drug-likeness (QED) is 0.153. The topological polar surface area (TPSA) is 144 Å². The number of nitrogens with zero attached hydrogens (tertiary/aromatic N) is 1. The van der Waals surface area contributed by atoms with Crippen LogP contribution in [0.15, 0.2) is 85.1 Å². The number of carboxylic acid groups (broad SMARTS) is 1. The third-order valence-electron chi connectivity index (χ3n) is 8.55. The molecule has 4 amide bonds. The van der Waals surface area contributed by atoms with Crippen LogP contribution in [0.25, 0.3) is 10.9 Å². The van der Waals surface area contributed by atoms with Crippen molar-refractivity contribution in [2.45, 2.75) is 51.1 Å². The zero-order valence-corrected chi connectivity index (χ0v) is 25.3. The van der Waals surface area contributed by atoms with Gasteiger partial charge in [-0.15, -0.1) is 0 Å². The number of piperidine rings is 1. The van der Waals surface area contributed by atoms with Crippen molar-refractivity contribution in [1.29, 1.82) is 0 Å². The molecule has 2 heterocycles. The number of hydrogen-bond acceptors (Lipinski definition) is 4. The molecule has 3 aromatic carbocycles. The lowest BCUT2D eigenvalue weighted by Gasteiger charge is -2.32. The molecule has 1 fully saturated rings. The number of aromatic amines is 1. The van der Waals surface area contributed by atoms with Gasteiger partial charge in [0.15, 0.2) is 0 Å². The summed E-state index contributed by atoms with van der Waals surface area (Å²) in [5.74, 6) is -0.568. The Morgan fingerprint density at radius 2 is 1.69 bits per heavy atom. The van der Waals surface area contributed by atoms with Gasteiger partial charge in [-0.3, -0.25) is 14.4 Å². The van der Waals surface area contributed by atoms with Crippen molar-refractivity contribution in [1.82, 2.24) is 20.5 Å². The molecule has 0 spiro atoms. The number of benzene rings is 3. The van der Waals surface area contributed by atoms with Crippen molar-refractivity contribution in [3.63, 3.8) is 0 Å². The number of H-pyrrole nitrogens is 1. The van der Waals surface area contributed by atoms with Gasteiger partial charge in [0.2, 0.25) is 11.8 Å². The Bertz CT molecular complexity index is 1640. The Morgan fingerprint density at radius 3 is 2.44 bits per heavy atom. The Hall–Kier alpha value is -5.12. The zero-order valence-electron chi connectivity index (χ0n) is 25.3. The molecule has 2 atom stereocenters. The largest absolute Gasteiger partial charge is 0.465 e. The van der Waals surface area contributed by atoms with E-state index in [0.29, 0.717) is 42.2 Å². The summed E-state index contributed by atoms with van der Waals surface area (Å²) in [4.78, 5) is 55.9. The maximum Gasteiger partial charge on any atom is 0.404 e. The normalized spacial score (nSPS) is 14.8. The fourth-order valence-electron chi connectivity index (χ4n) is 5.99. The third kappa shape index (κ3) is 8.08. The van der Waals surface area contributed by atoms with Crippen molar-refractivity contribution in [3.8, 4) is 0 Å². The Balaban J connectivity index is 1.23. The molecule has 5 N–H and O–H groups in total. The lowest BCUT2D eigenvalue weighted by atomic mass is 9.90. The minimum Gasteiger partial charge on any atom is -0.465 e. The van der Waals surface area contributed by atoms with Gasteiger partial charge in [0.25, 0.3) is 5.91 Å². The van der Waals surface area contributed by atoms with E-state index >= 15 is 0 Å². The molecule has 234 valence electrons. The number of nitrogens with one attached hydrogen (secondary N) is 4. The fourth-order valence-corrected chi connectivity index (χ4v) is 5.99. The first-order chi connectivity index (χ1) is 21.8. The summed E-state index contributed by atoms with van der Waals surface area (Å²) in [5, 5.41) is 18.2. The van der Waals surface area contributed by atoms with E-state index in [1.165, 1.54) is 0 Å². The van der Waals surface area contributed by atoms with Crippen LogP contribution in [-0.2, 0) is 16.1 Å². The number of likely N-dealkylation sites (tertiary alicyclic amines) is 1. The maximum atomic E-state index is 13.7. The molecule has 0 aliphatic carbocycles. The van der Waals surface area contributed by atoms with Crippen molar-refractivity contribution >= 4 is 40.4 Å². The van der Waals surface area contributed by atoms with E-state index in [1.807, 2.05) is 72.6 Å². The van der Waals surface area contributed by atoms with Crippen LogP contribution in [0.1, 0.15) is 60.0 Å². The molecule has 0 unspecified atom stereocenters. The predicted molar refractivity (Wildman–Crippen MR) is 173 cm³/mol. The number of fused-ring (bicyclic) bond motifs is 1. The Morgan fingerprint density at radius 1 is 0.956 bits per heavy atom. The number of anilines is 1. The smallest absolute Gasteiger partial charge is 0.404 e. The van der Waals surface area contributed by atoms with Crippen LogP contribution in [-0.4, -0.2) is 57.9 Å². The maximum absolute atomic E-state index is 13.7. The summed E-state index contributed by atoms with van der Waals surface area (Å²) < 4.78 is 0. The lowest BCUT2D eigenvalue weighted by Crippen LogP contribution is -2.47. The van der Waals surface area contributed by atoms with Crippen molar-refractivity contribution < 1.29 is 24.3 Å². The first-order valence-corrected chi connectivity index (χ1v) is 15.3. The van der Waals surface area contributed by atoms with Gasteiger partial charge in [-0.05, 0) is 66.6 Å². The van der Waals surface area contributed by atoms with Crippen LogP contribution >= 0.6 is 0 Å². The van der Waals surface area contributed by atoms with Crippen molar-refractivity contribution in [2.75, 3.05) is 18.4 Å². The standard InChI is InChI=1S/C35H39N5O5/c1-23(29-22-36-30-13-6-5-12-28(29)30)32(33(42)38-27-11-7-8-25(20-27)21-37-35(44)45)39-31(41)15-14-24-16-18-40(19-17-24)34(43)26-9-3-2-4-10-26/h2-13,20,22-24,32,36-37H,14-19,21H2,1H3,(H,38,42)(H,39,41)(H,44,45)/t23-,32+/m0/s1. The van der Waals surface area contributed by atoms with Gasteiger partial charge in [-0.1, -0.05) is 55.5 Å². The monoisotopic (exact) mass is 609 g/mol. The molecule has 0 saturated carbocycles. The highest BCUT2D eigenvalue weighted by atomic mass is 16.4. The highest BCUT2D eigenvalue weighted by molar-refractivity contribution is 5.98. The molecule has 0 radical (unpaired) electrons. The van der Waals surface area contributed by atoms with E-state index in [0.717, 1.165) is 29.3 Å². The highest BCUT2D eigenvalue weighted by Gasteiger charge is 2.30. The molecule has 45 heavy (non-hydrogen) atoms. The number of para-hydroxylation sites is 1. The van der Waals surface area contributed by atoms with Gasteiger partial charge in [0.1, 0.15) is 6.04 Å². The molecule has 1 aliphatic heterocycles. The van der Waals surface area contributed by atoms with E-state index in [2.05, 4.69) is 20.9 Å². The molecule has 0 bridgehead atoms. The van der Waals surface area contributed by atoms with Gasteiger partial charge in [-0.2, -0.15) is 0 Å². The van der Waals surface area contributed by atoms with Crippen LogP contribution < -0.4 is 16.0 Å². The Kier molecular flexibility index (Phi) is 10.1. The summed E-state index contributed by atoms with van der Waals surface area (Å²) in [6.07, 6.45) is 3.35. The first kappa shape index (κ1) is 31.3. The number of amides is 4. The summed E-state index contributed by atoms with van der Waals surface area (Å²) in [6.45, 7) is 3.34. The molecule has 10 heteroatoms.